The van der Waals surface area contributed by atoms with Crippen LogP contribution in [-0.2, 0) is 14.4 Å². The van der Waals surface area contributed by atoms with Gasteiger partial charge in [0.1, 0.15) is 0 Å². The van der Waals surface area contributed by atoms with Crippen LogP contribution in [-0.4, -0.2) is 33.2 Å². The third kappa shape index (κ3) is 1.93. The van der Waals surface area contributed by atoms with Gasteiger partial charge in [0, 0.05) is 0 Å². The zero-order valence-corrected chi connectivity index (χ0v) is 8.08. The summed E-state index contributed by atoms with van der Waals surface area (Å²) in [6.07, 6.45) is -0.108. The first-order chi connectivity index (χ1) is 6.86. The van der Waals surface area contributed by atoms with Crippen molar-refractivity contribution in [1.82, 2.24) is 0 Å². The van der Waals surface area contributed by atoms with Crippen molar-refractivity contribution >= 4 is 17.9 Å². The average Bonchev–Trinajstić information content (AvgIpc) is 2.42. The van der Waals surface area contributed by atoms with Crippen molar-refractivity contribution in [3.63, 3.8) is 0 Å². The van der Waals surface area contributed by atoms with Crippen molar-refractivity contribution in [2.45, 2.75) is 13.3 Å². The molecule has 6 heteroatoms. The normalized spacial score (nSPS) is 35.0. The van der Waals surface area contributed by atoms with Gasteiger partial charge in [-0.3, -0.25) is 14.4 Å². The molecule has 0 amide bonds. The van der Waals surface area contributed by atoms with E-state index in [-0.39, 0.29) is 6.42 Å². The number of rotatable bonds is 3. The fourth-order valence-corrected chi connectivity index (χ4v) is 2.23. The number of hydrogen-bond acceptors (Lipinski definition) is 3. The molecule has 0 bridgehead atoms. The van der Waals surface area contributed by atoms with Gasteiger partial charge in [-0.2, -0.15) is 0 Å². The summed E-state index contributed by atoms with van der Waals surface area (Å²) in [6, 6.07) is 0. The quantitative estimate of drug-likeness (QED) is 0.618. The SMILES string of the molecule is CC1C(C(=O)O)CC(C(=O)O)C1C(=O)O. The second kappa shape index (κ2) is 3.88. The molecular weight excluding hydrogens is 204 g/mol. The predicted molar refractivity (Wildman–Crippen MR) is 47.2 cm³/mol. The van der Waals surface area contributed by atoms with Gasteiger partial charge in [0.05, 0.1) is 17.8 Å². The van der Waals surface area contributed by atoms with Crippen LogP contribution in [0.4, 0.5) is 0 Å². The molecule has 15 heavy (non-hydrogen) atoms. The fraction of sp³-hybridized carbons (Fsp3) is 0.667. The molecule has 4 unspecified atom stereocenters. The van der Waals surface area contributed by atoms with E-state index in [1.807, 2.05) is 0 Å². The first-order valence-corrected chi connectivity index (χ1v) is 4.54. The maximum atomic E-state index is 10.8. The van der Waals surface area contributed by atoms with Crippen LogP contribution in [0.2, 0.25) is 0 Å². The lowest BCUT2D eigenvalue weighted by molar-refractivity contribution is -0.153. The van der Waals surface area contributed by atoms with Crippen molar-refractivity contribution in [2.24, 2.45) is 23.7 Å². The molecule has 0 radical (unpaired) electrons. The Balaban J connectivity index is 2.97. The van der Waals surface area contributed by atoms with E-state index < -0.39 is 41.6 Å². The predicted octanol–water partition coefficient (Wildman–Crippen LogP) is 0.129. The molecule has 0 aromatic heterocycles. The van der Waals surface area contributed by atoms with Crippen LogP contribution >= 0.6 is 0 Å². The molecule has 0 aromatic carbocycles. The number of aliphatic carboxylic acids is 3. The summed E-state index contributed by atoms with van der Waals surface area (Å²) in [5.74, 6) is -7.34. The lowest BCUT2D eigenvalue weighted by atomic mass is 9.88. The van der Waals surface area contributed by atoms with E-state index in [1.165, 1.54) is 6.92 Å². The second-order valence-electron chi connectivity index (χ2n) is 3.85. The van der Waals surface area contributed by atoms with Gasteiger partial charge in [0.2, 0.25) is 0 Å². The van der Waals surface area contributed by atoms with Crippen LogP contribution in [0.1, 0.15) is 13.3 Å². The van der Waals surface area contributed by atoms with Crippen LogP contribution in [0.25, 0.3) is 0 Å². The van der Waals surface area contributed by atoms with E-state index in [2.05, 4.69) is 0 Å². The fourth-order valence-electron chi connectivity index (χ4n) is 2.23. The third-order valence-corrected chi connectivity index (χ3v) is 3.06. The molecular formula is C9H12O6. The van der Waals surface area contributed by atoms with Crippen LogP contribution in [0.3, 0.4) is 0 Å². The molecule has 0 aliphatic heterocycles. The third-order valence-electron chi connectivity index (χ3n) is 3.06. The molecule has 0 aromatic rings. The van der Waals surface area contributed by atoms with Gasteiger partial charge < -0.3 is 15.3 Å². The average molecular weight is 216 g/mol. The summed E-state index contributed by atoms with van der Waals surface area (Å²) in [7, 11) is 0. The molecule has 0 spiro atoms. The van der Waals surface area contributed by atoms with E-state index in [1.54, 1.807) is 0 Å². The minimum absolute atomic E-state index is 0.108. The largest absolute Gasteiger partial charge is 0.481 e. The molecule has 0 saturated heterocycles. The lowest BCUT2D eigenvalue weighted by Gasteiger charge is -2.15. The highest BCUT2D eigenvalue weighted by molar-refractivity contribution is 5.83. The van der Waals surface area contributed by atoms with Crippen LogP contribution < -0.4 is 0 Å². The Labute approximate surface area is 85.5 Å². The zero-order valence-electron chi connectivity index (χ0n) is 8.08. The minimum atomic E-state index is -1.24. The molecule has 4 atom stereocenters. The Morgan fingerprint density at radius 1 is 0.933 bits per heavy atom. The van der Waals surface area contributed by atoms with E-state index in [0.717, 1.165) is 0 Å². The molecule has 1 rings (SSSR count). The van der Waals surface area contributed by atoms with Crippen molar-refractivity contribution in [3.05, 3.63) is 0 Å². The maximum Gasteiger partial charge on any atom is 0.307 e. The van der Waals surface area contributed by atoms with Gasteiger partial charge in [0.25, 0.3) is 0 Å². The number of carbonyl (C=O) groups is 3. The summed E-state index contributed by atoms with van der Waals surface area (Å²) in [4.78, 5) is 32.4. The first kappa shape index (κ1) is 11.5. The van der Waals surface area contributed by atoms with Crippen LogP contribution in [0.5, 0.6) is 0 Å². The van der Waals surface area contributed by atoms with Crippen LogP contribution in [0.15, 0.2) is 0 Å². The van der Waals surface area contributed by atoms with Crippen LogP contribution in [0, 0.1) is 23.7 Å². The molecule has 1 fully saturated rings. The maximum absolute atomic E-state index is 10.8. The minimum Gasteiger partial charge on any atom is -0.481 e. The zero-order chi connectivity index (χ0) is 11.7. The van der Waals surface area contributed by atoms with Gasteiger partial charge >= 0.3 is 17.9 Å². The summed E-state index contributed by atoms with van der Waals surface area (Å²) in [5.41, 5.74) is 0. The van der Waals surface area contributed by atoms with Gasteiger partial charge in [-0.1, -0.05) is 6.92 Å². The van der Waals surface area contributed by atoms with Gasteiger partial charge in [0.15, 0.2) is 0 Å². The highest BCUT2D eigenvalue weighted by atomic mass is 16.4. The monoisotopic (exact) mass is 216 g/mol. The van der Waals surface area contributed by atoms with Gasteiger partial charge in [-0.25, -0.2) is 0 Å². The molecule has 1 saturated carbocycles. The molecule has 1 aliphatic carbocycles. The van der Waals surface area contributed by atoms with Gasteiger partial charge in [-0.05, 0) is 12.3 Å². The Morgan fingerprint density at radius 3 is 1.67 bits per heavy atom. The van der Waals surface area contributed by atoms with Crippen molar-refractivity contribution in [1.29, 1.82) is 0 Å². The van der Waals surface area contributed by atoms with E-state index in [0.29, 0.717) is 0 Å². The smallest absolute Gasteiger partial charge is 0.307 e. The van der Waals surface area contributed by atoms with Crippen molar-refractivity contribution in [2.75, 3.05) is 0 Å². The Hall–Kier alpha value is -1.59. The number of carboxylic acid groups (broad SMARTS) is 3. The Bertz CT molecular complexity index is 310. The van der Waals surface area contributed by atoms with Crippen molar-refractivity contribution in [3.8, 4) is 0 Å². The second-order valence-corrected chi connectivity index (χ2v) is 3.85. The molecule has 0 heterocycles. The molecule has 1 aliphatic rings. The van der Waals surface area contributed by atoms with Gasteiger partial charge in [-0.15, -0.1) is 0 Å². The summed E-state index contributed by atoms with van der Waals surface area (Å²) in [5, 5.41) is 26.4. The van der Waals surface area contributed by atoms with Crippen molar-refractivity contribution < 1.29 is 29.7 Å². The number of carboxylic acids is 3. The first-order valence-electron chi connectivity index (χ1n) is 4.54. The molecule has 84 valence electrons. The van der Waals surface area contributed by atoms with E-state index >= 15 is 0 Å². The highest BCUT2D eigenvalue weighted by Gasteiger charge is 2.50. The topological polar surface area (TPSA) is 112 Å². The molecule has 6 nitrogen and oxygen atoms in total. The Morgan fingerprint density at radius 2 is 1.40 bits per heavy atom. The summed E-state index contributed by atoms with van der Waals surface area (Å²) >= 11 is 0. The summed E-state index contributed by atoms with van der Waals surface area (Å²) in [6.45, 7) is 1.47. The molecule has 3 N–H and O–H groups in total. The highest BCUT2D eigenvalue weighted by Crippen LogP contribution is 2.41. The Kier molecular flexibility index (Phi) is 2.97. The summed E-state index contributed by atoms with van der Waals surface area (Å²) < 4.78 is 0. The standard InChI is InChI=1S/C9H12O6/c1-3-4(7(10)11)2-5(8(12)13)6(3)9(14)15/h3-6H,2H2,1H3,(H,10,11)(H,12,13)(H,14,15). The lowest BCUT2D eigenvalue weighted by Crippen LogP contribution is -2.29. The van der Waals surface area contributed by atoms with E-state index in [4.69, 9.17) is 15.3 Å². The number of hydrogen-bond donors (Lipinski definition) is 3. The van der Waals surface area contributed by atoms with E-state index in [9.17, 15) is 14.4 Å².